The quantitative estimate of drug-likeness (QED) is 0.171. The lowest BCUT2D eigenvalue weighted by Crippen LogP contribution is -2.29. The van der Waals surface area contributed by atoms with Crippen LogP contribution in [0.1, 0.15) is 31.8 Å². The lowest BCUT2D eigenvalue weighted by Gasteiger charge is -2.15. The third kappa shape index (κ3) is 4.87. The van der Waals surface area contributed by atoms with E-state index in [-0.39, 0.29) is 11.8 Å². The summed E-state index contributed by atoms with van der Waals surface area (Å²) in [6.07, 6.45) is 0. The van der Waals surface area contributed by atoms with Gasteiger partial charge in [0.05, 0.1) is 56.8 Å². The monoisotopic (exact) mass is 666 g/mol. The molecule has 0 radical (unpaired) electrons. The molecule has 9 rings (SSSR count). The van der Waals surface area contributed by atoms with Crippen molar-refractivity contribution in [2.75, 3.05) is 4.90 Å². The number of benzene rings is 7. The molecule has 0 unspecified atom stereocenters. The second-order valence-corrected chi connectivity index (χ2v) is 12.7. The first-order chi connectivity index (χ1) is 25.5. The minimum Gasteiger partial charge on any atom is -0.308 e. The van der Waals surface area contributed by atoms with E-state index >= 15 is 0 Å². The highest BCUT2D eigenvalue weighted by Crippen LogP contribution is 2.40. The van der Waals surface area contributed by atoms with Gasteiger partial charge in [-0.25, -0.2) is 4.90 Å². The third-order valence-electron chi connectivity index (χ3n) is 9.78. The highest BCUT2D eigenvalue weighted by Gasteiger charge is 2.39. The molecule has 52 heavy (non-hydrogen) atoms. The van der Waals surface area contributed by atoms with Gasteiger partial charge in [-0.15, -0.1) is 0 Å². The molecular weight excluding hydrogens is 641 g/mol. The van der Waals surface area contributed by atoms with E-state index in [1.165, 1.54) is 4.90 Å². The fraction of sp³-hybridized carbons (Fsp3) is 0. The zero-order valence-electron chi connectivity index (χ0n) is 27.6. The number of nitriles is 2. The first-order valence-corrected chi connectivity index (χ1v) is 16.8. The third-order valence-corrected chi connectivity index (χ3v) is 9.78. The molecule has 7 aromatic carbocycles. The van der Waals surface area contributed by atoms with Crippen molar-refractivity contribution in [2.24, 2.45) is 0 Å². The number of amides is 2. The lowest BCUT2D eigenvalue weighted by molar-refractivity contribution is 0.0926. The van der Waals surface area contributed by atoms with Crippen molar-refractivity contribution in [3.8, 4) is 51.2 Å². The van der Waals surface area contributed by atoms with E-state index in [9.17, 15) is 20.1 Å². The van der Waals surface area contributed by atoms with Crippen molar-refractivity contribution in [2.45, 2.75) is 0 Å². The van der Waals surface area contributed by atoms with Crippen molar-refractivity contribution in [3.63, 3.8) is 0 Å². The van der Waals surface area contributed by atoms with Gasteiger partial charge in [0, 0.05) is 10.8 Å². The number of carbonyl (C=O) groups excluding carboxylic acids is 2. The zero-order valence-corrected chi connectivity index (χ0v) is 27.6. The topological polar surface area (TPSA) is 89.9 Å². The van der Waals surface area contributed by atoms with Crippen LogP contribution in [0.5, 0.6) is 0 Å². The molecule has 6 nitrogen and oxygen atoms in total. The summed E-state index contributed by atoms with van der Waals surface area (Å²) in [5, 5.41) is 21.0. The Bertz CT molecular complexity index is 2740. The van der Waals surface area contributed by atoms with Crippen LogP contribution < -0.4 is 4.90 Å². The summed E-state index contributed by atoms with van der Waals surface area (Å²) >= 11 is 0. The minimum atomic E-state index is -0.382. The highest BCUT2D eigenvalue weighted by molar-refractivity contribution is 6.35. The molecule has 1 aliphatic heterocycles. The lowest BCUT2D eigenvalue weighted by atomic mass is 9.99. The van der Waals surface area contributed by atoms with Crippen LogP contribution in [-0.2, 0) is 0 Å². The molecule has 1 aliphatic rings. The number of anilines is 1. The minimum absolute atomic E-state index is 0.343. The largest absolute Gasteiger partial charge is 0.308 e. The molecule has 1 aromatic heterocycles. The van der Waals surface area contributed by atoms with E-state index in [1.54, 1.807) is 18.2 Å². The summed E-state index contributed by atoms with van der Waals surface area (Å²) in [6.45, 7) is 0. The predicted molar refractivity (Wildman–Crippen MR) is 204 cm³/mol. The number of fused-ring (bicyclic) bond motifs is 4. The van der Waals surface area contributed by atoms with Gasteiger partial charge in [-0.1, -0.05) is 84.9 Å². The first kappa shape index (κ1) is 30.5. The average molecular weight is 667 g/mol. The van der Waals surface area contributed by atoms with Crippen LogP contribution in [-0.4, -0.2) is 16.4 Å². The number of imide groups is 1. The first-order valence-electron chi connectivity index (χ1n) is 16.8. The Labute approximate surface area is 299 Å². The molecule has 0 atom stereocenters. The predicted octanol–water partition coefficient (Wildman–Crippen LogP) is 10.3. The van der Waals surface area contributed by atoms with Crippen LogP contribution >= 0.6 is 0 Å². The molecule has 0 saturated heterocycles. The molecule has 2 amide bonds. The van der Waals surface area contributed by atoms with E-state index in [0.717, 1.165) is 55.2 Å². The van der Waals surface area contributed by atoms with Crippen molar-refractivity contribution >= 4 is 39.3 Å². The second kappa shape index (κ2) is 12.1. The van der Waals surface area contributed by atoms with E-state index in [0.29, 0.717) is 33.6 Å². The number of aromatic nitrogens is 1. The average Bonchev–Trinajstić information content (AvgIpc) is 3.67. The van der Waals surface area contributed by atoms with Crippen LogP contribution in [0.4, 0.5) is 5.69 Å². The second-order valence-electron chi connectivity index (χ2n) is 12.7. The maximum absolute atomic E-state index is 14.4. The zero-order chi connectivity index (χ0) is 35.3. The van der Waals surface area contributed by atoms with Crippen molar-refractivity contribution < 1.29 is 9.59 Å². The Morgan fingerprint density at radius 3 is 1.52 bits per heavy atom. The van der Waals surface area contributed by atoms with Gasteiger partial charge in [-0.2, -0.15) is 10.5 Å². The van der Waals surface area contributed by atoms with Crippen LogP contribution in [0.15, 0.2) is 158 Å². The number of carbonyl (C=O) groups is 2. The van der Waals surface area contributed by atoms with Crippen molar-refractivity contribution in [1.29, 1.82) is 10.5 Å². The van der Waals surface area contributed by atoms with Gasteiger partial charge in [0.1, 0.15) is 0 Å². The van der Waals surface area contributed by atoms with Crippen molar-refractivity contribution in [3.05, 3.63) is 180 Å². The Kier molecular flexibility index (Phi) is 7.10. The highest BCUT2D eigenvalue weighted by atomic mass is 16.2. The van der Waals surface area contributed by atoms with Gasteiger partial charge in [0.2, 0.25) is 0 Å². The molecule has 8 aromatic rings. The normalized spacial score (nSPS) is 12.2. The van der Waals surface area contributed by atoms with Gasteiger partial charge >= 0.3 is 0 Å². The fourth-order valence-corrected chi connectivity index (χ4v) is 7.30. The van der Waals surface area contributed by atoms with Gasteiger partial charge in [0.15, 0.2) is 0 Å². The van der Waals surface area contributed by atoms with E-state index in [2.05, 4.69) is 28.8 Å². The maximum Gasteiger partial charge on any atom is 0.268 e. The summed E-state index contributed by atoms with van der Waals surface area (Å²) in [5.41, 5.74) is 10.4. The SMILES string of the molecule is N#Cc1cccc(-c2ccc3c(c2)c2cc(-c4cccc(C#N)c4)ccc2n3-c2cccc3c2C(=O)N(c2ccc(-c4ccccc4)cc2)C3=O)c1. The molecular formula is C46H26N4O2. The Hall–Kier alpha value is -7.54. The molecule has 242 valence electrons. The standard InChI is InChI=1S/C46H26N4O2/c47-27-29-7-4-11-33(23-29)35-17-21-41-39(25-35)40-26-36(34-12-5-8-30(24-34)28-48)18-22-42(40)50(41)43-14-6-13-38-44(43)46(52)49(45(38)51)37-19-15-32(16-20-37)31-9-2-1-3-10-31/h1-26H. The number of nitrogens with zero attached hydrogens (tertiary/aromatic N) is 4. The van der Waals surface area contributed by atoms with Crippen LogP contribution in [0, 0.1) is 22.7 Å². The van der Waals surface area contributed by atoms with Gasteiger partial charge in [-0.3, -0.25) is 9.59 Å². The number of rotatable bonds is 5. The molecule has 0 spiro atoms. The molecule has 0 aliphatic carbocycles. The van der Waals surface area contributed by atoms with Crippen molar-refractivity contribution in [1.82, 2.24) is 4.57 Å². The Morgan fingerprint density at radius 1 is 0.442 bits per heavy atom. The molecule has 6 heteroatoms. The Balaban J connectivity index is 1.22. The van der Waals surface area contributed by atoms with E-state index < -0.39 is 0 Å². The van der Waals surface area contributed by atoms with E-state index in [1.807, 2.05) is 127 Å². The summed E-state index contributed by atoms with van der Waals surface area (Å²) in [7, 11) is 0. The van der Waals surface area contributed by atoms with Gasteiger partial charge < -0.3 is 4.57 Å². The maximum atomic E-state index is 14.4. The molecule has 0 bridgehead atoms. The van der Waals surface area contributed by atoms with Crippen LogP contribution in [0.2, 0.25) is 0 Å². The number of hydrogen-bond acceptors (Lipinski definition) is 4. The summed E-state index contributed by atoms with van der Waals surface area (Å²) in [5.74, 6) is -0.748. The molecule has 0 N–H and O–H groups in total. The number of hydrogen-bond donors (Lipinski definition) is 0. The molecule has 0 saturated carbocycles. The van der Waals surface area contributed by atoms with Gasteiger partial charge in [-0.05, 0) is 106 Å². The summed E-state index contributed by atoms with van der Waals surface area (Å²) in [6, 6.07) is 54.6. The Morgan fingerprint density at radius 2 is 0.942 bits per heavy atom. The molecule has 0 fully saturated rings. The fourth-order valence-electron chi connectivity index (χ4n) is 7.30. The van der Waals surface area contributed by atoms with Crippen LogP contribution in [0.25, 0.3) is 60.9 Å². The smallest absolute Gasteiger partial charge is 0.268 e. The summed E-state index contributed by atoms with van der Waals surface area (Å²) in [4.78, 5) is 29.6. The van der Waals surface area contributed by atoms with E-state index in [4.69, 9.17) is 0 Å². The van der Waals surface area contributed by atoms with Gasteiger partial charge in [0.25, 0.3) is 11.8 Å². The van der Waals surface area contributed by atoms with Crippen LogP contribution in [0.3, 0.4) is 0 Å². The molecule has 2 heterocycles. The summed E-state index contributed by atoms with van der Waals surface area (Å²) < 4.78 is 2.06.